The van der Waals surface area contributed by atoms with Crippen molar-refractivity contribution in [3.05, 3.63) is 53.2 Å². The molecule has 0 aliphatic rings. The molecule has 0 amide bonds. The lowest BCUT2D eigenvalue weighted by atomic mass is 10.3. The van der Waals surface area contributed by atoms with E-state index in [2.05, 4.69) is 14.4 Å². The fourth-order valence-corrected chi connectivity index (χ4v) is 3.28. The number of nitrogens with zero attached hydrogens (tertiary/aromatic N) is 1. The summed E-state index contributed by atoms with van der Waals surface area (Å²) < 4.78 is 68.0. The first-order valence-corrected chi connectivity index (χ1v) is 8.43. The fraction of sp³-hybridized carbons (Fsp3) is 0.214. The molecule has 1 aromatic carbocycles. The van der Waals surface area contributed by atoms with E-state index in [1.54, 1.807) is 6.07 Å². The maximum Gasteiger partial charge on any atom is 0.422 e. The molecule has 0 atom stereocenters. The van der Waals surface area contributed by atoms with Crippen LogP contribution in [0.25, 0.3) is 0 Å². The van der Waals surface area contributed by atoms with Crippen molar-refractivity contribution in [2.75, 3.05) is 6.61 Å². The Kier molecular flexibility index (Phi) is 5.68. The van der Waals surface area contributed by atoms with Crippen LogP contribution in [-0.2, 0) is 16.6 Å². The molecule has 2 rings (SSSR count). The van der Waals surface area contributed by atoms with Crippen molar-refractivity contribution in [1.82, 2.24) is 9.71 Å². The second-order valence-corrected chi connectivity index (χ2v) is 6.77. The summed E-state index contributed by atoms with van der Waals surface area (Å²) in [7, 11) is -3.94. The summed E-state index contributed by atoms with van der Waals surface area (Å²) in [6, 6.07) is 8.67. The number of aromatic nitrogens is 1. The lowest BCUT2D eigenvalue weighted by molar-refractivity contribution is -0.154. The van der Waals surface area contributed by atoms with E-state index in [9.17, 15) is 21.6 Å². The Labute approximate surface area is 141 Å². The summed E-state index contributed by atoms with van der Waals surface area (Å²) >= 11 is 5.84. The van der Waals surface area contributed by atoms with Crippen LogP contribution in [0.3, 0.4) is 0 Å². The van der Waals surface area contributed by atoms with Gasteiger partial charge in [-0.2, -0.15) is 13.2 Å². The minimum Gasteiger partial charge on any atom is -0.468 e. The monoisotopic (exact) mass is 380 g/mol. The molecule has 1 N–H and O–H groups in total. The highest BCUT2D eigenvalue weighted by Gasteiger charge is 2.29. The Balaban J connectivity index is 2.13. The molecule has 0 radical (unpaired) electrons. The van der Waals surface area contributed by atoms with Crippen LogP contribution in [0.4, 0.5) is 13.2 Å². The number of hydrogen-bond donors (Lipinski definition) is 1. The average molecular weight is 381 g/mol. The zero-order valence-electron chi connectivity index (χ0n) is 12.0. The molecule has 0 aliphatic heterocycles. The number of nitrogens with one attached hydrogen (secondary N) is 1. The van der Waals surface area contributed by atoms with Gasteiger partial charge in [-0.05, 0) is 18.2 Å². The molecule has 0 spiro atoms. The Hall–Kier alpha value is -1.84. The number of hydrogen-bond acceptors (Lipinski definition) is 4. The SMILES string of the molecule is O=S(=O)(NCc1cccnc1OCC(F)(F)F)c1ccccc1Cl. The van der Waals surface area contributed by atoms with Crippen LogP contribution in [0, 0.1) is 0 Å². The molecular formula is C14H12ClF3N2O3S. The third-order valence-corrected chi connectivity index (χ3v) is 4.70. The Morgan fingerprint density at radius 3 is 2.54 bits per heavy atom. The van der Waals surface area contributed by atoms with Crippen LogP contribution in [0.2, 0.25) is 5.02 Å². The van der Waals surface area contributed by atoms with Crippen molar-refractivity contribution in [3.63, 3.8) is 0 Å². The highest BCUT2D eigenvalue weighted by atomic mass is 35.5. The predicted molar refractivity (Wildman–Crippen MR) is 81.3 cm³/mol. The first kappa shape index (κ1) is 18.5. The number of benzene rings is 1. The van der Waals surface area contributed by atoms with Gasteiger partial charge in [0.05, 0.1) is 5.02 Å². The minimum absolute atomic E-state index is 0.0322. The van der Waals surface area contributed by atoms with E-state index in [0.717, 1.165) is 0 Å². The second kappa shape index (κ2) is 7.37. The zero-order chi connectivity index (χ0) is 17.8. The number of ether oxygens (including phenoxy) is 1. The smallest absolute Gasteiger partial charge is 0.422 e. The van der Waals surface area contributed by atoms with E-state index < -0.39 is 22.8 Å². The van der Waals surface area contributed by atoms with Crippen LogP contribution < -0.4 is 9.46 Å². The average Bonchev–Trinajstić information content (AvgIpc) is 2.51. The van der Waals surface area contributed by atoms with Gasteiger partial charge in [0, 0.05) is 18.3 Å². The third-order valence-electron chi connectivity index (χ3n) is 2.80. The van der Waals surface area contributed by atoms with Gasteiger partial charge in [-0.25, -0.2) is 18.1 Å². The molecule has 5 nitrogen and oxygen atoms in total. The second-order valence-electron chi connectivity index (χ2n) is 4.63. The zero-order valence-corrected chi connectivity index (χ0v) is 13.6. The fourth-order valence-electron chi connectivity index (χ4n) is 1.75. The van der Waals surface area contributed by atoms with Crippen LogP contribution in [-0.4, -0.2) is 26.2 Å². The molecular weight excluding hydrogens is 369 g/mol. The molecule has 130 valence electrons. The molecule has 0 saturated carbocycles. The van der Waals surface area contributed by atoms with Gasteiger partial charge in [0.2, 0.25) is 15.9 Å². The van der Waals surface area contributed by atoms with Gasteiger partial charge in [0.1, 0.15) is 4.90 Å². The highest BCUT2D eigenvalue weighted by Crippen LogP contribution is 2.22. The molecule has 0 aliphatic carbocycles. The quantitative estimate of drug-likeness (QED) is 0.836. The lowest BCUT2D eigenvalue weighted by Crippen LogP contribution is -2.25. The number of pyridine rings is 1. The standard InChI is InChI=1S/C14H12ClF3N2O3S/c15-11-5-1-2-6-12(11)24(21,22)20-8-10-4-3-7-19-13(10)23-9-14(16,17)18/h1-7,20H,8-9H2. The van der Waals surface area contributed by atoms with Gasteiger partial charge in [0.15, 0.2) is 6.61 Å². The van der Waals surface area contributed by atoms with Gasteiger partial charge in [-0.3, -0.25) is 0 Å². The Morgan fingerprint density at radius 1 is 1.17 bits per heavy atom. The Morgan fingerprint density at radius 2 is 1.88 bits per heavy atom. The molecule has 1 aromatic heterocycles. The molecule has 0 bridgehead atoms. The number of sulfonamides is 1. The number of rotatable bonds is 6. The summed E-state index contributed by atoms with van der Waals surface area (Å²) in [5.41, 5.74) is 0.164. The largest absolute Gasteiger partial charge is 0.468 e. The van der Waals surface area contributed by atoms with Gasteiger partial charge in [0.25, 0.3) is 0 Å². The normalized spacial score (nSPS) is 12.2. The Bertz CT molecular complexity index is 813. The summed E-state index contributed by atoms with van der Waals surface area (Å²) in [6.45, 7) is -1.82. The van der Waals surface area contributed by atoms with E-state index in [0.29, 0.717) is 0 Å². The van der Waals surface area contributed by atoms with Crippen molar-refractivity contribution in [1.29, 1.82) is 0 Å². The number of halogens is 4. The summed E-state index contributed by atoms with van der Waals surface area (Å²) in [4.78, 5) is 3.56. The summed E-state index contributed by atoms with van der Waals surface area (Å²) in [6.07, 6.45) is -3.27. The maximum atomic E-state index is 12.2. The van der Waals surface area contributed by atoms with Crippen LogP contribution >= 0.6 is 11.6 Å². The number of alkyl halides is 3. The lowest BCUT2D eigenvalue weighted by Gasteiger charge is -2.13. The van der Waals surface area contributed by atoms with E-state index in [-0.39, 0.29) is 27.9 Å². The maximum absolute atomic E-state index is 12.2. The molecule has 0 saturated heterocycles. The van der Waals surface area contributed by atoms with Gasteiger partial charge in [-0.15, -0.1) is 0 Å². The van der Waals surface area contributed by atoms with Gasteiger partial charge in [-0.1, -0.05) is 29.8 Å². The molecule has 1 heterocycles. The molecule has 10 heteroatoms. The van der Waals surface area contributed by atoms with Gasteiger partial charge >= 0.3 is 6.18 Å². The first-order valence-electron chi connectivity index (χ1n) is 6.57. The van der Waals surface area contributed by atoms with E-state index in [4.69, 9.17) is 11.6 Å². The molecule has 24 heavy (non-hydrogen) atoms. The third kappa shape index (κ3) is 5.08. The van der Waals surface area contributed by atoms with Crippen LogP contribution in [0.15, 0.2) is 47.5 Å². The van der Waals surface area contributed by atoms with Crippen molar-refractivity contribution in [2.24, 2.45) is 0 Å². The van der Waals surface area contributed by atoms with E-state index >= 15 is 0 Å². The van der Waals surface area contributed by atoms with Crippen LogP contribution in [0.5, 0.6) is 5.88 Å². The molecule has 2 aromatic rings. The van der Waals surface area contributed by atoms with E-state index in [1.807, 2.05) is 0 Å². The molecule has 0 unspecified atom stereocenters. The minimum atomic E-state index is -4.52. The summed E-state index contributed by atoms with van der Waals surface area (Å²) in [5, 5.41) is 0.0322. The van der Waals surface area contributed by atoms with Crippen molar-refractivity contribution in [3.8, 4) is 5.88 Å². The van der Waals surface area contributed by atoms with Gasteiger partial charge < -0.3 is 4.74 Å². The predicted octanol–water partition coefficient (Wildman–Crippen LogP) is 3.15. The van der Waals surface area contributed by atoms with E-state index in [1.165, 1.54) is 36.5 Å². The van der Waals surface area contributed by atoms with Crippen LogP contribution in [0.1, 0.15) is 5.56 Å². The summed E-state index contributed by atoms with van der Waals surface area (Å²) in [5.74, 6) is -0.295. The topological polar surface area (TPSA) is 68.3 Å². The van der Waals surface area contributed by atoms with Crippen molar-refractivity contribution in [2.45, 2.75) is 17.6 Å². The van der Waals surface area contributed by atoms with Crippen molar-refractivity contribution >= 4 is 21.6 Å². The molecule has 0 fully saturated rings. The van der Waals surface area contributed by atoms with Crippen molar-refractivity contribution < 1.29 is 26.3 Å². The first-order chi connectivity index (χ1) is 11.2. The highest BCUT2D eigenvalue weighted by molar-refractivity contribution is 7.89.